The SMILES string of the molecule is CCNC(=NCc1ccccc1COCc1ccccc1)NC(C)Cc1c(C)nn(C)c1C. The van der Waals surface area contributed by atoms with Crippen LogP contribution in [0, 0.1) is 13.8 Å². The third kappa shape index (κ3) is 7.19. The van der Waals surface area contributed by atoms with Crippen LogP contribution in [0.1, 0.15) is 47.5 Å². The van der Waals surface area contributed by atoms with Gasteiger partial charge in [-0.05, 0) is 56.4 Å². The van der Waals surface area contributed by atoms with Crippen LogP contribution in [0.15, 0.2) is 59.6 Å². The predicted octanol–water partition coefficient (Wildman–Crippen LogP) is 4.44. The van der Waals surface area contributed by atoms with E-state index in [-0.39, 0.29) is 6.04 Å². The number of aliphatic imine (C=N–C) groups is 1. The molecule has 33 heavy (non-hydrogen) atoms. The molecule has 0 aliphatic carbocycles. The number of aryl methyl sites for hydroxylation is 2. The topological polar surface area (TPSA) is 63.5 Å². The van der Waals surface area contributed by atoms with Crippen molar-refractivity contribution in [3.8, 4) is 0 Å². The van der Waals surface area contributed by atoms with Crippen LogP contribution < -0.4 is 10.6 Å². The minimum atomic E-state index is 0.230. The van der Waals surface area contributed by atoms with Gasteiger partial charge in [0, 0.05) is 25.3 Å². The van der Waals surface area contributed by atoms with Gasteiger partial charge in [-0.1, -0.05) is 54.6 Å². The zero-order chi connectivity index (χ0) is 23.6. The number of nitrogens with zero attached hydrogens (tertiary/aromatic N) is 3. The van der Waals surface area contributed by atoms with E-state index in [1.165, 1.54) is 27.9 Å². The van der Waals surface area contributed by atoms with Crippen LogP contribution in [0.5, 0.6) is 0 Å². The molecule has 6 heteroatoms. The molecule has 1 aromatic heterocycles. The molecule has 0 saturated carbocycles. The van der Waals surface area contributed by atoms with Gasteiger partial charge in [0.1, 0.15) is 0 Å². The fraction of sp³-hybridized carbons (Fsp3) is 0.407. The maximum absolute atomic E-state index is 5.97. The van der Waals surface area contributed by atoms with Crippen LogP contribution in [-0.2, 0) is 38.0 Å². The molecule has 0 fully saturated rings. The van der Waals surface area contributed by atoms with Crippen molar-refractivity contribution in [2.75, 3.05) is 6.54 Å². The van der Waals surface area contributed by atoms with Gasteiger partial charge in [0.25, 0.3) is 0 Å². The van der Waals surface area contributed by atoms with Crippen molar-refractivity contribution in [2.24, 2.45) is 12.0 Å². The van der Waals surface area contributed by atoms with Gasteiger partial charge in [-0.25, -0.2) is 4.99 Å². The summed E-state index contributed by atoms with van der Waals surface area (Å²) in [5.41, 5.74) is 7.13. The smallest absolute Gasteiger partial charge is 0.191 e. The summed E-state index contributed by atoms with van der Waals surface area (Å²) in [6, 6.07) is 18.8. The van der Waals surface area contributed by atoms with E-state index in [1.54, 1.807) is 0 Å². The minimum absolute atomic E-state index is 0.230. The average molecular weight is 448 g/mol. The summed E-state index contributed by atoms with van der Waals surface area (Å²) in [6.45, 7) is 11.0. The third-order valence-corrected chi connectivity index (χ3v) is 5.79. The van der Waals surface area contributed by atoms with E-state index in [1.807, 2.05) is 29.9 Å². The fourth-order valence-corrected chi connectivity index (χ4v) is 3.89. The second kappa shape index (κ2) is 12.2. The molecule has 2 N–H and O–H groups in total. The number of benzene rings is 2. The molecule has 0 bridgehead atoms. The van der Waals surface area contributed by atoms with Crippen molar-refractivity contribution in [3.05, 3.63) is 88.2 Å². The van der Waals surface area contributed by atoms with Crippen LogP contribution >= 0.6 is 0 Å². The van der Waals surface area contributed by atoms with E-state index in [9.17, 15) is 0 Å². The van der Waals surface area contributed by atoms with Crippen molar-refractivity contribution in [1.29, 1.82) is 0 Å². The molecular weight excluding hydrogens is 410 g/mol. The summed E-state index contributed by atoms with van der Waals surface area (Å²) in [4.78, 5) is 4.86. The summed E-state index contributed by atoms with van der Waals surface area (Å²) >= 11 is 0. The van der Waals surface area contributed by atoms with Crippen LogP contribution in [0.25, 0.3) is 0 Å². The Kier molecular flexibility index (Phi) is 9.07. The maximum Gasteiger partial charge on any atom is 0.191 e. The van der Waals surface area contributed by atoms with E-state index in [4.69, 9.17) is 9.73 Å². The van der Waals surface area contributed by atoms with Crippen molar-refractivity contribution in [3.63, 3.8) is 0 Å². The molecule has 0 radical (unpaired) electrons. The quantitative estimate of drug-likeness (QED) is 0.356. The Balaban J connectivity index is 1.61. The molecule has 3 rings (SSSR count). The second-order valence-corrected chi connectivity index (χ2v) is 8.46. The lowest BCUT2D eigenvalue weighted by atomic mass is 10.1. The van der Waals surface area contributed by atoms with E-state index in [2.05, 4.69) is 79.8 Å². The largest absolute Gasteiger partial charge is 0.372 e. The van der Waals surface area contributed by atoms with E-state index in [0.717, 1.165) is 24.6 Å². The van der Waals surface area contributed by atoms with Crippen LogP contribution in [0.4, 0.5) is 0 Å². The molecule has 1 atom stereocenters. The zero-order valence-electron chi connectivity index (χ0n) is 20.6. The highest BCUT2D eigenvalue weighted by atomic mass is 16.5. The monoisotopic (exact) mass is 447 g/mol. The van der Waals surface area contributed by atoms with Crippen LogP contribution in [0.2, 0.25) is 0 Å². The molecule has 0 spiro atoms. The lowest BCUT2D eigenvalue weighted by molar-refractivity contribution is 0.106. The molecule has 1 heterocycles. The minimum Gasteiger partial charge on any atom is -0.372 e. The molecule has 0 aliphatic rings. The van der Waals surface area contributed by atoms with Gasteiger partial charge in [0.15, 0.2) is 5.96 Å². The number of hydrogen-bond donors (Lipinski definition) is 2. The summed E-state index contributed by atoms with van der Waals surface area (Å²) in [7, 11) is 2.00. The Bertz CT molecular complexity index is 1040. The Morgan fingerprint density at radius 2 is 1.73 bits per heavy atom. The van der Waals surface area contributed by atoms with Crippen molar-refractivity contribution in [1.82, 2.24) is 20.4 Å². The lowest BCUT2D eigenvalue weighted by Gasteiger charge is -2.18. The Morgan fingerprint density at radius 3 is 2.39 bits per heavy atom. The number of hydrogen-bond acceptors (Lipinski definition) is 3. The lowest BCUT2D eigenvalue weighted by Crippen LogP contribution is -2.43. The first-order valence-corrected chi connectivity index (χ1v) is 11.7. The third-order valence-electron chi connectivity index (χ3n) is 5.79. The molecule has 176 valence electrons. The van der Waals surface area contributed by atoms with Gasteiger partial charge in [-0.3, -0.25) is 4.68 Å². The molecular formula is C27H37N5O. The Labute approximate surface area is 198 Å². The average Bonchev–Trinajstić information content (AvgIpc) is 3.05. The Morgan fingerprint density at radius 1 is 1.03 bits per heavy atom. The van der Waals surface area contributed by atoms with E-state index < -0.39 is 0 Å². The zero-order valence-corrected chi connectivity index (χ0v) is 20.6. The van der Waals surface area contributed by atoms with Crippen molar-refractivity contribution >= 4 is 5.96 Å². The highest BCUT2D eigenvalue weighted by Gasteiger charge is 2.14. The first-order valence-electron chi connectivity index (χ1n) is 11.7. The van der Waals surface area contributed by atoms with E-state index >= 15 is 0 Å². The summed E-state index contributed by atoms with van der Waals surface area (Å²) < 4.78 is 7.92. The number of ether oxygens (including phenoxy) is 1. The normalized spacial score (nSPS) is 12.6. The summed E-state index contributed by atoms with van der Waals surface area (Å²) in [5.74, 6) is 0.823. The van der Waals surface area contributed by atoms with E-state index in [0.29, 0.717) is 19.8 Å². The van der Waals surface area contributed by atoms with Gasteiger partial charge in [-0.2, -0.15) is 5.10 Å². The van der Waals surface area contributed by atoms with Crippen LogP contribution in [0.3, 0.4) is 0 Å². The van der Waals surface area contributed by atoms with Gasteiger partial charge in [0.2, 0.25) is 0 Å². The van der Waals surface area contributed by atoms with Crippen LogP contribution in [-0.4, -0.2) is 28.3 Å². The highest BCUT2D eigenvalue weighted by Crippen LogP contribution is 2.15. The second-order valence-electron chi connectivity index (χ2n) is 8.46. The number of guanidine groups is 1. The number of nitrogens with one attached hydrogen (secondary N) is 2. The van der Waals surface area contributed by atoms with Crippen molar-refractivity contribution < 1.29 is 4.74 Å². The fourth-order valence-electron chi connectivity index (χ4n) is 3.89. The van der Waals surface area contributed by atoms with Gasteiger partial charge < -0.3 is 15.4 Å². The first-order chi connectivity index (χ1) is 16.0. The summed E-state index contributed by atoms with van der Waals surface area (Å²) in [5, 5.41) is 11.5. The Hall–Kier alpha value is -3.12. The van der Waals surface area contributed by atoms with Crippen molar-refractivity contribution in [2.45, 2.75) is 59.9 Å². The molecule has 3 aromatic rings. The van der Waals surface area contributed by atoms with Gasteiger partial charge in [-0.15, -0.1) is 0 Å². The van der Waals surface area contributed by atoms with Gasteiger partial charge >= 0.3 is 0 Å². The predicted molar refractivity (Wildman–Crippen MR) is 135 cm³/mol. The molecule has 0 amide bonds. The molecule has 1 unspecified atom stereocenters. The molecule has 2 aromatic carbocycles. The molecule has 6 nitrogen and oxygen atoms in total. The number of rotatable bonds is 10. The van der Waals surface area contributed by atoms with Gasteiger partial charge in [0.05, 0.1) is 25.5 Å². The standard InChI is InChI=1S/C27H37N5O/c1-6-28-27(30-20(2)16-26-21(3)31-32(5)22(26)4)29-17-24-14-10-11-15-25(24)19-33-18-23-12-8-7-9-13-23/h7-15,20H,6,16-19H2,1-5H3,(H2,28,29,30). The first kappa shape index (κ1) is 24.5. The molecule has 0 saturated heterocycles. The maximum atomic E-state index is 5.97. The highest BCUT2D eigenvalue weighted by molar-refractivity contribution is 5.80. The number of aromatic nitrogens is 2. The summed E-state index contributed by atoms with van der Waals surface area (Å²) in [6.07, 6.45) is 0.903. The molecule has 0 aliphatic heterocycles.